The Hall–Kier alpha value is -1.98. The highest BCUT2D eigenvalue weighted by atomic mass is 15.2. The van der Waals surface area contributed by atoms with Crippen molar-refractivity contribution in [3.8, 4) is 11.1 Å². The second-order valence-electron chi connectivity index (χ2n) is 7.22. The zero-order valence-corrected chi connectivity index (χ0v) is 15.1. The van der Waals surface area contributed by atoms with Crippen molar-refractivity contribution in [1.29, 1.82) is 0 Å². The summed E-state index contributed by atoms with van der Waals surface area (Å²) in [6.45, 7) is 7.76. The molecule has 25 heavy (non-hydrogen) atoms. The molecule has 0 saturated carbocycles. The molecule has 0 atom stereocenters. The Bertz CT molecular complexity index is 668. The first-order valence-electron chi connectivity index (χ1n) is 9.35. The molecule has 0 N–H and O–H groups in total. The summed E-state index contributed by atoms with van der Waals surface area (Å²) < 4.78 is 0. The van der Waals surface area contributed by atoms with Crippen LogP contribution in [-0.4, -0.2) is 66.1 Å². The van der Waals surface area contributed by atoms with E-state index >= 15 is 0 Å². The first kappa shape index (κ1) is 16.5. The van der Waals surface area contributed by atoms with E-state index in [-0.39, 0.29) is 0 Å². The molecule has 2 aromatic rings. The summed E-state index contributed by atoms with van der Waals surface area (Å²) in [5, 5.41) is 0. The Balaban J connectivity index is 1.39. The summed E-state index contributed by atoms with van der Waals surface area (Å²) >= 11 is 0. The molecular formula is C20H27N5. The predicted octanol–water partition coefficient (Wildman–Crippen LogP) is 2.49. The fourth-order valence-electron chi connectivity index (χ4n) is 3.61. The Morgan fingerprint density at radius 1 is 0.800 bits per heavy atom. The lowest BCUT2D eigenvalue weighted by Crippen LogP contribution is -2.43. The van der Waals surface area contributed by atoms with Gasteiger partial charge in [-0.1, -0.05) is 6.07 Å². The summed E-state index contributed by atoms with van der Waals surface area (Å²) in [6.07, 6.45) is 6.52. The molecule has 5 heteroatoms. The Morgan fingerprint density at radius 2 is 1.48 bits per heavy atom. The van der Waals surface area contributed by atoms with Gasteiger partial charge in [0.25, 0.3) is 0 Å². The van der Waals surface area contributed by atoms with E-state index in [2.05, 4.69) is 56.0 Å². The van der Waals surface area contributed by atoms with Crippen LogP contribution in [-0.2, 0) is 6.54 Å². The molecule has 0 bridgehead atoms. The molecule has 0 radical (unpaired) electrons. The maximum Gasteiger partial charge on any atom is 0.128 e. The van der Waals surface area contributed by atoms with Crippen molar-refractivity contribution < 1.29 is 0 Å². The largest absolute Gasteiger partial charge is 0.357 e. The van der Waals surface area contributed by atoms with Crippen molar-refractivity contribution in [2.75, 3.05) is 51.2 Å². The van der Waals surface area contributed by atoms with Crippen molar-refractivity contribution in [2.24, 2.45) is 0 Å². The van der Waals surface area contributed by atoms with Crippen LogP contribution in [0.5, 0.6) is 0 Å². The summed E-state index contributed by atoms with van der Waals surface area (Å²) in [5.41, 5.74) is 3.43. The van der Waals surface area contributed by atoms with Crippen LogP contribution in [0.2, 0.25) is 0 Å². The van der Waals surface area contributed by atoms with E-state index in [0.717, 1.165) is 68.5 Å². The average Bonchev–Trinajstić information content (AvgIpc) is 3.19. The molecule has 0 aliphatic carbocycles. The molecule has 0 spiro atoms. The molecular weight excluding hydrogens is 310 g/mol. The molecule has 5 nitrogen and oxygen atoms in total. The van der Waals surface area contributed by atoms with E-state index in [1.165, 1.54) is 12.8 Å². The predicted molar refractivity (Wildman–Crippen MR) is 102 cm³/mol. The smallest absolute Gasteiger partial charge is 0.128 e. The van der Waals surface area contributed by atoms with E-state index in [4.69, 9.17) is 0 Å². The van der Waals surface area contributed by atoms with E-state index in [0.29, 0.717) is 0 Å². The number of piperazine rings is 1. The molecule has 2 fully saturated rings. The number of likely N-dealkylation sites (N-methyl/N-ethyl adjacent to an activating group) is 1. The lowest BCUT2D eigenvalue weighted by atomic mass is 10.1. The zero-order valence-electron chi connectivity index (χ0n) is 15.1. The molecule has 4 heterocycles. The standard InChI is InChI=1S/C20H27N5/c1-23-10-12-24(13-11-23)16-19-6-4-17(14-21-19)18-5-7-20(22-15-18)25-8-2-3-9-25/h4-7,14-15H,2-3,8-13,16H2,1H3. The van der Waals surface area contributed by atoms with Gasteiger partial charge in [-0.15, -0.1) is 0 Å². The molecule has 0 aromatic carbocycles. The summed E-state index contributed by atoms with van der Waals surface area (Å²) in [5.74, 6) is 1.10. The first-order chi connectivity index (χ1) is 12.3. The number of hydrogen-bond donors (Lipinski definition) is 0. The molecule has 2 aliphatic rings. The van der Waals surface area contributed by atoms with Crippen molar-refractivity contribution in [3.05, 3.63) is 42.4 Å². The third-order valence-corrected chi connectivity index (χ3v) is 5.32. The fourth-order valence-corrected chi connectivity index (χ4v) is 3.61. The molecule has 0 unspecified atom stereocenters. The van der Waals surface area contributed by atoms with Gasteiger partial charge in [0, 0.05) is 69.3 Å². The fraction of sp³-hybridized carbons (Fsp3) is 0.500. The maximum absolute atomic E-state index is 4.67. The lowest BCUT2D eigenvalue weighted by Gasteiger charge is -2.32. The van der Waals surface area contributed by atoms with Gasteiger partial charge in [0.15, 0.2) is 0 Å². The Morgan fingerprint density at radius 3 is 2.08 bits per heavy atom. The van der Waals surface area contributed by atoms with Crippen LogP contribution in [0, 0.1) is 0 Å². The number of hydrogen-bond acceptors (Lipinski definition) is 5. The number of aromatic nitrogens is 2. The van der Waals surface area contributed by atoms with Gasteiger partial charge in [0.1, 0.15) is 5.82 Å². The molecule has 2 aliphatic heterocycles. The van der Waals surface area contributed by atoms with Gasteiger partial charge in [-0.25, -0.2) is 4.98 Å². The second kappa shape index (κ2) is 7.50. The van der Waals surface area contributed by atoms with E-state index in [1.807, 2.05) is 12.4 Å². The minimum Gasteiger partial charge on any atom is -0.357 e. The number of anilines is 1. The zero-order chi connectivity index (χ0) is 17.1. The normalized spacial score (nSPS) is 19.5. The van der Waals surface area contributed by atoms with Crippen LogP contribution in [0.3, 0.4) is 0 Å². The molecule has 2 aromatic heterocycles. The highest BCUT2D eigenvalue weighted by Crippen LogP contribution is 2.23. The molecule has 0 amide bonds. The molecule has 132 valence electrons. The highest BCUT2D eigenvalue weighted by molar-refractivity contribution is 5.63. The van der Waals surface area contributed by atoms with Gasteiger partial charge in [0.2, 0.25) is 0 Å². The van der Waals surface area contributed by atoms with Crippen molar-refractivity contribution in [2.45, 2.75) is 19.4 Å². The van der Waals surface area contributed by atoms with Crippen LogP contribution in [0.1, 0.15) is 18.5 Å². The van der Waals surface area contributed by atoms with Crippen LogP contribution in [0.25, 0.3) is 11.1 Å². The highest BCUT2D eigenvalue weighted by Gasteiger charge is 2.15. The van der Waals surface area contributed by atoms with Crippen LogP contribution in [0.15, 0.2) is 36.7 Å². The maximum atomic E-state index is 4.67. The van der Waals surface area contributed by atoms with E-state index in [1.54, 1.807) is 0 Å². The number of rotatable bonds is 4. The second-order valence-corrected chi connectivity index (χ2v) is 7.22. The van der Waals surface area contributed by atoms with Gasteiger partial charge >= 0.3 is 0 Å². The van der Waals surface area contributed by atoms with Gasteiger partial charge in [-0.05, 0) is 38.1 Å². The van der Waals surface area contributed by atoms with Crippen molar-refractivity contribution >= 4 is 5.82 Å². The van der Waals surface area contributed by atoms with Gasteiger partial charge in [-0.3, -0.25) is 9.88 Å². The molecule has 4 rings (SSSR count). The summed E-state index contributed by atoms with van der Waals surface area (Å²) in [7, 11) is 2.19. The number of nitrogens with zero attached hydrogens (tertiary/aromatic N) is 5. The van der Waals surface area contributed by atoms with Crippen LogP contribution < -0.4 is 4.90 Å². The van der Waals surface area contributed by atoms with E-state index in [9.17, 15) is 0 Å². The van der Waals surface area contributed by atoms with Crippen LogP contribution in [0.4, 0.5) is 5.82 Å². The van der Waals surface area contributed by atoms with Gasteiger partial charge in [-0.2, -0.15) is 0 Å². The Labute approximate surface area is 150 Å². The van der Waals surface area contributed by atoms with Crippen LogP contribution >= 0.6 is 0 Å². The van der Waals surface area contributed by atoms with Gasteiger partial charge < -0.3 is 9.80 Å². The van der Waals surface area contributed by atoms with Crippen molar-refractivity contribution in [1.82, 2.24) is 19.8 Å². The summed E-state index contributed by atoms with van der Waals surface area (Å²) in [4.78, 5) is 16.5. The summed E-state index contributed by atoms with van der Waals surface area (Å²) in [6, 6.07) is 8.63. The lowest BCUT2D eigenvalue weighted by molar-refractivity contribution is 0.147. The van der Waals surface area contributed by atoms with Crippen molar-refractivity contribution in [3.63, 3.8) is 0 Å². The topological polar surface area (TPSA) is 35.5 Å². The number of pyridine rings is 2. The average molecular weight is 337 g/mol. The third-order valence-electron chi connectivity index (χ3n) is 5.32. The van der Waals surface area contributed by atoms with Gasteiger partial charge in [0.05, 0.1) is 5.69 Å². The molecule has 2 saturated heterocycles. The third kappa shape index (κ3) is 3.99. The minimum absolute atomic E-state index is 0.945. The monoisotopic (exact) mass is 337 g/mol. The minimum atomic E-state index is 0.945. The quantitative estimate of drug-likeness (QED) is 0.856. The SMILES string of the molecule is CN1CCN(Cc2ccc(-c3ccc(N4CCCC4)nc3)cn2)CC1. The first-order valence-corrected chi connectivity index (χ1v) is 9.35. The Kier molecular flexibility index (Phi) is 4.95. The van der Waals surface area contributed by atoms with E-state index < -0.39 is 0 Å².